The molecule has 10 heteroatoms. The molecule has 3 aliphatic rings. The number of aliphatic imine (C=N–C) groups is 1. The molecule has 1 aromatic heterocycles. The van der Waals surface area contributed by atoms with Gasteiger partial charge in [0.15, 0.2) is 0 Å². The second kappa shape index (κ2) is 7.18. The number of amides is 1. The highest BCUT2D eigenvalue weighted by Crippen LogP contribution is 2.38. The highest BCUT2D eigenvalue weighted by molar-refractivity contribution is 7.89. The lowest BCUT2D eigenvalue weighted by atomic mass is 10.1. The summed E-state index contributed by atoms with van der Waals surface area (Å²) in [5, 5.41) is 4.18. The van der Waals surface area contributed by atoms with Crippen LogP contribution in [0.2, 0.25) is 0 Å². The van der Waals surface area contributed by atoms with Crippen molar-refractivity contribution in [3.8, 4) is 11.8 Å². The molecule has 3 heterocycles. The van der Waals surface area contributed by atoms with E-state index in [4.69, 9.17) is 0 Å². The van der Waals surface area contributed by atoms with Crippen LogP contribution in [-0.4, -0.2) is 53.1 Å². The molecule has 1 amide bonds. The Bertz CT molecular complexity index is 1310. The lowest BCUT2D eigenvalue weighted by Gasteiger charge is -2.37. The maximum Gasteiger partial charge on any atom is 0.263 e. The molecule has 1 aromatic carbocycles. The summed E-state index contributed by atoms with van der Waals surface area (Å²) in [4.78, 5) is 21.7. The fraction of sp³-hybridized carbons (Fsp3) is 0.409. The van der Waals surface area contributed by atoms with Crippen LogP contribution in [0.5, 0.6) is 0 Å². The van der Waals surface area contributed by atoms with Crippen LogP contribution >= 0.6 is 0 Å². The highest BCUT2D eigenvalue weighted by Gasteiger charge is 2.44. The predicted octanol–water partition coefficient (Wildman–Crippen LogP) is 1.47. The van der Waals surface area contributed by atoms with Gasteiger partial charge in [0.2, 0.25) is 16.0 Å². The number of hydrogen-bond acceptors (Lipinski definition) is 6. The molecule has 166 valence electrons. The zero-order valence-corrected chi connectivity index (χ0v) is 19.0. The number of carbonyl (C=O) groups excluding carboxylic acids is 1. The van der Waals surface area contributed by atoms with E-state index in [-0.39, 0.29) is 23.4 Å². The number of rotatable bonds is 5. The van der Waals surface area contributed by atoms with Gasteiger partial charge in [-0.05, 0) is 44.9 Å². The molecule has 1 fully saturated rings. The quantitative estimate of drug-likeness (QED) is 0.693. The van der Waals surface area contributed by atoms with Crippen LogP contribution in [0, 0.1) is 11.8 Å². The van der Waals surface area contributed by atoms with E-state index in [1.807, 2.05) is 25.1 Å². The first-order valence-corrected chi connectivity index (χ1v) is 11.9. The van der Waals surface area contributed by atoms with Crippen LogP contribution in [0.3, 0.4) is 0 Å². The van der Waals surface area contributed by atoms with E-state index < -0.39 is 15.6 Å². The molecule has 0 bridgehead atoms. The van der Waals surface area contributed by atoms with Crippen molar-refractivity contribution in [1.29, 1.82) is 0 Å². The van der Waals surface area contributed by atoms with Gasteiger partial charge in [0.25, 0.3) is 5.91 Å². The van der Waals surface area contributed by atoms with Gasteiger partial charge in [-0.15, -0.1) is 5.92 Å². The van der Waals surface area contributed by atoms with Crippen molar-refractivity contribution in [3.63, 3.8) is 0 Å². The number of nitrogens with zero attached hydrogens (tertiary/aromatic N) is 5. The zero-order valence-electron chi connectivity index (χ0n) is 18.2. The zero-order chi connectivity index (χ0) is 22.7. The largest absolute Gasteiger partial charge is 0.295 e. The third-order valence-electron chi connectivity index (χ3n) is 5.98. The lowest BCUT2D eigenvalue weighted by molar-refractivity contribution is 0.0833. The molecule has 1 saturated carbocycles. The first-order valence-electron chi connectivity index (χ1n) is 10.4. The number of benzene rings is 1. The molecule has 32 heavy (non-hydrogen) atoms. The standard InChI is InChI=1S/C22H24N6O3S/c1-4-5-16-12-23-21-27(14-15-11-24-26(3)13-15)20(29)18-10-17(6-7-19(18)28(16)21)32(30,31)25-22(2)8-9-22/h6-7,10-11,13,16,25H,8-9,12,14H2,1-3H3/t16-/m0/s1. The number of guanidine groups is 1. The Morgan fingerprint density at radius 1 is 1.31 bits per heavy atom. The highest BCUT2D eigenvalue weighted by atomic mass is 32.2. The van der Waals surface area contributed by atoms with Crippen LogP contribution in [-0.2, 0) is 23.6 Å². The van der Waals surface area contributed by atoms with Gasteiger partial charge < -0.3 is 0 Å². The molecule has 1 aliphatic carbocycles. The van der Waals surface area contributed by atoms with Crippen molar-refractivity contribution in [2.24, 2.45) is 12.0 Å². The van der Waals surface area contributed by atoms with E-state index in [0.29, 0.717) is 23.8 Å². The Morgan fingerprint density at radius 2 is 2.09 bits per heavy atom. The maximum absolute atomic E-state index is 13.6. The minimum atomic E-state index is -3.74. The Kier molecular flexibility index (Phi) is 4.65. The molecule has 0 unspecified atom stereocenters. The van der Waals surface area contributed by atoms with Crippen molar-refractivity contribution >= 4 is 27.6 Å². The van der Waals surface area contributed by atoms with E-state index >= 15 is 0 Å². The van der Waals surface area contributed by atoms with Crippen molar-refractivity contribution in [2.75, 3.05) is 11.4 Å². The van der Waals surface area contributed by atoms with Gasteiger partial charge >= 0.3 is 0 Å². The monoisotopic (exact) mass is 452 g/mol. The number of nitrogens with one attached hydrogen (secondary N) is 1. The number of sulfonamides is 1. The number of carbonyl (C=O) groups is 1. The smallest absolute Gasteiger partial charge is 0.263 e. The molecule has 2 aliphatic heterocycles. The van der Waals surface area contributed by atoms with Crippen LogP contribution < -0.4 is 9.62 Å². The van der Waals surface area contributed by atoms with Gasteiger partial charge in [-0.25, -0.2) is 18.1 Å². The van der Waals surface area contributed by atoms with E-state index in [0.717, 1.165) is 18.4 Å². The van der Waals surface area contributed by atoms with E-state index in [2.05, 4.69) is 26.7 Å². The third-order valence-corrected chi connectivity index (χ3v) is 7.61. The van der Waals surface area contributed by atoms with E-state index in [9.17, 15) is 13.2 Å². The molecule has 0 radical (unpaired) electrons. The molecule has 5 rings (SSSR count). The third kappa shape index (κ3) is 3.47. The number of aromatic nitrogens is 2. The maximum atomic E-state index is 13.6. The van der Waals surface area contributed by atoms with E-state index in [1.54, 1.807) is 34.8 Å². The normalized spacial score (nSPS) is 20.9. The summed E-state index contributed by atoms with van der Waals surface area (Å²) in [7, 11) is -1.93. The summed E-state index contributed by atoms with van der Waals surface area (Å²) in [6, 6.07) is 4.48. The minimum absolute atomic E-state index is 0.0803. The van der Waals surface area contributed by atoms with Gasteiger partial charge in [0.1, 0.15) is 6.04 Å². The number of anilines is 1. The average molecular weight is 453 g/mol. The number of hydrogen-bond donors (Lipinski definition) is 1. The topological polar surface area (TPSA) is 99.9 Å². The lowest BCUT2D eigenvalue weighted by Crippen LogP contribution is -2.52. The van der Waals surface area contributed by atoms with E-state index in [1.165, 1.54) is 6.07 Å². The van der Waals surface area contributed by atoms with Crippen LogP contribution in [0.4, 0.5) is 5.69 Å². The number of aryl methyl sites for hydroxylation is 1. The Labute approximate surface area is 187 Å². The predicted molar refractivity (Wildman–Crippen MR) is 120 cm³/mol. The SMILES string of the molecule is CC#C[C@H]1CN=C2N(Cc3cnn(C)c3)C(=O)c3cc(S(=O)(=O)NC4(C)CC4)ccc3N21. The summed E-state index contributed by atoms with van der Waals surface area (Å²) < 4.78 is 30.3. The molecular weight excluding hydrogens is 428 g/mol. The molecular formula is C22H24N6O3S. The first kappa shape index (κ1) is 20.7. The molecule has 0 saturated heterocycles. The van der Waals surface area contributed by atoms with Crippen molar-refractivity contribution in [2.45, 2.75) is 49.7 Å². The van der Waals surface area contributed by atoms with Crippen molar-refractivity contribution < 1.29 is 13.2 Å². The first-order chi connectivity index (χ1) is 15.2. The summed E-state index contributed by atoms with van der Waals surface area (Å²) in [5.41, 5.74) is 1.39. The van der Waals surface area contributed by atoms with Crippen LogP contribution in [0.25, 0.3) is 0 Å². The molecule has 1 N–H and O–H groups in total. The van der Waals surface area contributed by atoms with Gasteiger partial charge in [-0.1, -0.05) is 5.92 Å². The summed E-state index contributed by atoms with van der Waals surface area (Å²) >= 11 is 0. The van der Waals surface area contributed by atoms with Gasteiger partial charge in [0.05, 0.1) is 35.4 Å². The minimum Gasteiger partial charge on any atom is -0.295 e. The summed E-state index contributed by atoms with van der Waals surface area (Å²) in [5.74, 6) is 6.31. The Balaban J connectivity index is 1.58. The van der Waals surface area contributed by atoms with Gasteiger partial charge in [0, 0.05) is 24.3 Å². The van der Waals surface area contributed by atoms with Gasteiger partial charge in [-0.2, -0.15) is 5.10 Å². The number of fused-ring (bicyclic) bond motifs is 3. The molecule has 1 atom stereocenters. The Hall–Kier alpha value is -3.16. The second-order valence-corrected chi connectivity index (χ2v) is 10.4. The fourth-order valence-electron chi connectivity index (χ4n) is 4.08. The van der Waals surface area contributed by atoms with Crippen LogP contribution in [0.15, 0.2) is 40.5 Å². The van der Waals surface area contributed by atoms with Crippen molar-refractivity contribution in [3.05, 3.63) is 41.7 Å². The Morgan fingerprint density at radius 3 is 2.75 bits per heavy atom. The summed E-state index contributed by atoms with van der Waals surface area (Å²) in [6.07, 6.45) is 5.15. The second-order valence-electron chi connectivity index (χ2n) is 8.68. The molecule has 9 nitrogen and oxygen atoms in total. The van der Waals surface area contributed by atoms with Crippen LogP contribution in [0.1, 0.15) is 42.6 Å². The molecule has 0 spiro atoms. The van der Waals surface area contributed by atoms with Crippen molar-refractivity contribution in [1.82, 2.24) is 19.4 Å². The average Bonchev–Trinajstić information content (AvgIpc) is 3.11. The molecule has 2 aromatic rings. The fourth-order valence-corrected chi connectivity index (χ4v) is 5.58. The summed E-state index contributed by atoms with van der Waals surface area (Å²) in [6.45, 7) is 4.36. The van der Waals surface area contributed by atoms with Gasteiger partial charge in [-0.3, -0.25) is 19.3 Å².